The molecule has 1 atom stereocenters. The average Bonchev–Trinajstić information content (AvgIpc) is 2.53. The second-order valence-electron chi connectivity index (χ2n) is 5.40. The van der Waals surface area contributed by atoms with Crippen LogP contribution in [0, 0.1) is 0 Å². The van der Waals surface area contributed by atoms with Crippen molar-refractivity contribution in [1.82, 2.24) is 5.32 Å². The fourth-order valence-corrected chi connectivity index (χ4v) is 2.78. The van der Waals surface area contributed by atoms with Crippen LogP contribution in [-0.4, -0.2) is 13.7 Å². The molecule has 0 unspecified atom stereocenters. The molecular weight excluding hydrogens is 262 g/mol. The van der Waals surface area contributed by atoms with Gasteiger partial charge >= 0.3 is 0 Å². The van der Waals surface area contributed by atoms with Crippen molar-refractivity contribution in [1.29, 1.82) is 0 Å². The van der Waals surface area contributed by atoms with Crippen LogP contribution in [-0.2, 0) is 13.0 Å². The molecule has 0 saturated carbocycles. The number of rotatable bonds is 4. The van der Waals surface area contributed by atoms with Crippen LogP contribution in [0.4, 0.5) is 0 Å². The van der Waals surface area contributed by atoms with E-state index in [1.807, 2.05) is 18.2 Å². The molecule has 1 aliphatic heterocycles. The summed E-state index contributed by atoms with van der Waals surface area (Å²) >= 11 is 0. The zero-order chi connectivity index (χ0) is 14.7. The van der Waals surface area contributed by atoms with Crippen molar-refractivity contribution in [3.8, 4) is 11.5 Å². The van der Waals surface area contributed by atoms with E-state index in [1.54, 1.807) is 7.11 Å². The van der Waals surface area contributed by atoms with Gasteiger partial charge in [0.2, 0.25) is 0 Å². The summed E-state index contributed by atoms with van der Waals surface area (Å²) in [5.74, 6) is 1.63. The molecule has 1 aliphatic rings. The van der Waals surface area contributed by atoms with E-state index in [0.29, 0.717) is 12.6 Å². The van der Waals surface area contributed by atoms with Crippen LogP contribution in [0.15, 0.2) is 42.5 Å². The van der Waals surface area contributed by atoms with Crippen LogP contribution in [0.3, 0.4) is 0 Å². The molecular formula is C18H21NO2. The van der Waals surface area contributed by atoms with Crippen molar-refractivity contribution in [2.45, 2.75) is 26.0 Å². The summed E-state index contributed by atoms with van der Waals surface area (Å²) in [5.41, 5.74) is 3.82. The Bertz CT molecular complexity index is 610. The molecule has 2 aromatic carbocycles. The maximum absolute atomic E-state index is 5.98. The first-order valence-electron chi connectivity index (χ1n) is 7.39. The monoisotopic (exact) mass is 283 g/mol. The molecule has 3 nitrogen and oxygen atoms in total. The second-order valence-corrected chi connectivity index (χ2v) is 5.40. The third kappa shape index (κ3) is 3.03. The molecule has 0 fully saturated rings. The average molecular weight is 283 g/mol. The molecule has 0 bridgehead atoms. The minimum absolute atomic E-state index is 0.360. The van der Waals surface area contributed by atoms with Gasteiger partial charge in [-0.15, -0.1) is 0 Å². The lowest BCUT2D eigenvalue weighted by molar-refractivity contribution is 0.283. The van der Waals surface area contributed by atoms with Crippen molar-refractivity contribution < 1.29 is 9.47 Å². The predicted molar refractivity (Wildman–Crippen MR) is 83.9 cm³/mol. The molecule has 3 rings (SSSR count). The van der Waals surface area contributed by atoms with E-state index in [2.05, 4.69) is 36.5 Å². The van der Waals surface area contributed by atoms with Crippen molar-refractivity contribution in [2.24, 2.45) is 0 Å². The van der Waals surface area contributed by atoms with Crippen molar-refractivity contribution in [3.63, 3.8) is 0 Å². The van der Waals surface area contributed by atoms with E-state index in [4.69, 9.17) is 9.47 Å². The molecule has 110 valence electrons. The highest BCUT2D eigenvalue weighted by Gasteiger charge is 2.19. The van der Waals surface area contributed by atoms with Crippen molar-refractivity contribution >= 4 is 0 Å². The number of benzene rings is 2. The van der Waals surface area contributed by atoms with Gasteiger partial charge in [-0.05, 0) is 48.7 Å². The van der Waals surface area contributed by atoms with Crippen molar-refractivity contribution in [3.05, 3.63) is 59.2 Å². The quantitative estimate of drug-likeness (QED) is 0.932. The Morgan fingerprint density at radius 2 is 1.95 bits per heavy atom. The number of nitrogens with one attached hydrogen (secondary N) is 1. The standard InChI is InChI=1S/C18H21NO2/c1-13-16-11-18(21-12-14-6-4-3-5-7-14)17(20-2)10-15(16)8-9-19-13/h3-7,10-11,13,19H,8-9,12H2,1-2H3/t13-/m0/s1. The molecule has 3 heteroatoms. The molecule has 1 heterocycles. The van der Waals surface area contributed by atoms with Gasteiger partial charge in [0.25, 0.3) is 0 Å². The summed E-state index contributed by atoms with van der Waals surface area (Å²) in [4.78, 5) is 0. The van der Waals surface area contributed by atoms with Crippen LogP contribution in [0.2, 0.25) is 0 Å². The second kappa shape index (κ2) is 6.19. The van der Waals surface area contributed by atoms with Gasteiger partial charge in [-0.3, -0.25) is 0 Å². The van der Waals surface area contributed by atoms with Gasteiger partial charge in [0, 0.05) is 6.04 Å². The molecule has 0 aromatic heterocycles. The van der Waals surface area contributed by atoms with Gasteiger partial charge in [-0.1, -0.05) is 30.3 Å². The van der Waals surface area contributed by atoms with E-state index in [1.165, 1.54) is 11.1 Å². The largest absolute Gasteiger partial charge is 0.493 e. The lowest BCUT2D eigenvalue weighted by Gasteiger charge is -2.25. The zero-order valence-electron chi connectivity index (χ0n) is 12.6. The topological polar surface area (TPSA) is 30.5 Å². The summed E-state index contributed by atoms with van der Waals surface area (Å²) in [6.45, 7) is 3.75. The van der Waals surface area contributed by atoms with E-state index in [9.17, 15) is 0 Å². The number of ether oxygens (including phenoxy) is 2. The van der Waals surface area contributed by atoms with Gasteiger partial charge in [0.05, 0.1) is 7.11 Å². The molecule has 1 N–H and O–H groups in total. The SMILES string of the molecule is COc1cc2c(cc1OCc1ccccc1)[C@H](C)NCC2. The maximum atomic E-state index is 5.98. The van der Waals surface area contributed by atoms with Gasteiger partial charge < -0.3 is 14.8 Å². The number of methoxy groups -OCH3 is 1. The van der Waals surface area contributed by atoms with E-state index in [0.717, 1.165) is 30.0 Å². The molecule has 0 aliphatic carbocycles. The summed E-state index contributed by atoms with van der Waals surface area (Å²) < 4.78 is 11.5. The molecule has 0 amide bonds. The Labute approximate surface area is 125 Å². The first-order valence-corrected chi connectivity index (χ1v) is 7.39. The summed E-state index contributed by atoms with van der Waals surface area (Å²) in [6, 6.07) is 14.8. The van der Waals surface area contributed by atoms with E-state index in [-0.39, 0.29) is 0 Å². The molecule has 0 spiro atoms. The lowest BCUT2D eigenvalue weighted by atomic mass is 9.94. The molecule has 0 radical (unpaired) electrons. The minimum Gasteiger partial charge on any atom is -0.493 e. The smallest absolute Gasteiger partial charge is 0.162 e. The van der Waals surface area contributed by atoms with Crippen LogP contribution < -0.4 is 14.8 Å². The number of fused-ring (bicyclic) bond motifs is 1. The summed E-state index contributed by atoms with van der Waals surface area (Å²) in [6.07, 6.45) is 1.04. The third-order valence-electron chi connectivity index (χ3n) is 3.97. The Hall–Kier alpha value is -2.00. The van der Waals surface area contributed by atoms with E-state index >= 15 is 0 Å². The number of hydrogen-bond donors (Lipinski definition) is 1. The Balaban J connectivity index is 1.85. The van der Waals surface area contributed by atoms with Gasteiger partial charge in [0.15, 0.2) is 11.5 Å². The fraction of sp³-hybridized carbons (Fsp3) is 0.333. The van der Waals surface area contributed by atoms with Gasteiger partial charge in [-0.2, -0.15) is 0 Å². The highest BCUT2D eigenvalue weighted by Crippen LogP contribution is 2.35. The molecule has 2 aromatic rings. The van der Waals surface area contributed by atoms with Crippen LogP contribution in [0.1, 0.15) is 29.7 Å². The first-order chi connectivity index (χ1) is 10.3. The normalized spacial score (nSPS) is 17.1. The Kier molecular flexibility index (Phi) is 4.11. The maximum Gasteiger partial charge on any atom is 0.162 e. The van der Waals surface area contributed by atoms with Gasteiger partial charge in [0.1, 0.15) is 6.61 Å². The van der Waals surface area contributed by atoms with Gasteiger partial charge in [-0.25, -0.2) is 0 Å². The third-order valence-corrected chi connectivity index (χ3v) is 3.97. The summed E-state index contributed by atoms with van der Waals surface area (Å²) in [7, 11) is 1.70. The van der Waals surface area contributed by atoms with Crippen LogP contribution in [0.5, 0.6) is 11.5 Å². The van der Waals surface area contributed by atoms with Crippen molar-refractivity contribution in [2.75, 3.05) is 13.7 Å². The lowest BCUT2D eigenvalue weighted by Crippen LogP contribution is -2.27. The Morgan fingerprint density at radius 3 is 2.71 bits per heavy atom. The highest BCUT2D eigenvalue weighted by molar-refractivity contribution is 5.49. The summed E-state index contributed by atoms with van der Waals surface area (Å²) in [5, 5.41) is 3.48. The molecule has 21 heavy (non-hydrogen) atoms. The highest BCUT2D eigenvalue weighted by atomic mass is 16.5. The van der Waals surface area contributed by atoms with Crippen LogP contribution >= 0.6 is 0 Å². The van der Waals surface area contributed by atoms with E-state index < -0.39 is 0 Å². The predicted octanol–water partition coefficient (Wildman–Crippen LogP) is 3.48. The number of hydrogen-bond acceptors (Lipinski definition) is 3. The fourth-order valence-electron chi connectivity index (χ4n) is 2.78. The first kappa shape index (κ1) is 14.0. The minimum atomic E-state index is 0.360. The Morgan fingerprint density at radius 1 is 1.14 bits per heavy atom. The van der Waals surface area contributed by atoms with Crippen LogP contribution in [0.25, 0.3) is 0 Å². The molecule has 0 saturated heterocycles. The zero-order valence-corrected chi connectivity index (χ0v) is 12.6.